The molecule has 0 heterocycles. The first-order chi connectivity index (χ1) is 8.59. The molecule has 0 saturated heterocycles. The Kier molecular flexibility index (Phi) is 4.57. The summed E-state index contributed by atoms with van der Waals surface area (Å²) >= 11 is 0. The predicted molar refractivity (Wildman–Crippen MR) is 78.9 cm³/mol. The second-order valence-electron chi connectivity index (χ2n) is 5.72. The molecule has 0 atom stereocenters. The smallest absolute Gasteiger partial charge is 0.232 e. The molecule has 0 aliphatic heterocycles. The molecule has 0 fully saturated rings. The van der Waals surface area contributed by atoms with Gasteiger partial charge in [-0.2, -0.15) is 0 Å². The van der Waals surface area contributed by atoms with E-state index >= 15 is 0 Å². The zero-order chi connectivity index (χ0) is 14.7. The molecule has 0 aliphatic rings. The van der Waals surface area contributed by atoms with Crippen molar-refractivity contribution in [1.29, 1.82) is 5.41 Å². The Hall–Kier alpha value is -1.56. The third-order valence-electron chi connectivity index (χ3n) is 2.59. The maximum Gasteiger partial charge on any atom is 0.232 e. The van der Waals surface area contributed by atoms with Crippen molar-refractivity contribution in [2.45, 2.75) is 27.2 Å². The Morgan fingerprint density at radius 3 is 2.21 bits per heavy atom. The minimum absolute atomic E-state index is 0.0206. The summed E-state index contributed by atoms with van der Waals surface area (Å²) in [5, 5.41) is 7.26. The van der Waals surface area contributed by atoms with Gasteiger partial charge in [-0.05, 0) is 36.1 Å². The van der Waals surface area contributed by atoms with E-state index in [2.05, 4.69) is 4.72 Å². The molecule has 4 N–H and O–H groups in total. The van der Waals surface area contributed by atoms with Gasteiger partial charge in [0, 0.05) is 11.3 Å². The van der Waals surface area contributed by atoms with Crippen LogP contribution < -0.4 is 10.5 Å². The van der Waals surface area contributed by atoms with Gasteiger partial charge in [-0.15, -0.1) is 0 Å². The number of nitrogens with one attached hydrogen (secondary N) is 2. The van der Waals surface area contributed by atoms with Crippen LogP contribution in [0.4, 0.5) is 5.69 Å². The number of amidine groups is 1. The van der Waals surface area contributed by atoms with Crippen LogP contribution in [0.25, 0.3) is 0 Å². The maximum absolute atomic E-state index is 11.9. The molecule has 0 amide bonds. The summed E-state index contributed by atoms with van der Waals surface area (Å²) in [4.78, 5) is 0. The van der Waals surface area contributed by atoms with Crippen LogP contribution in [0.3, 0.4) is 0 Å². The van der Waals surface area contributed by atoms with Gasteiger partial charge in [-0.25, -0.2) is 8.42 Å². The molecule has 0 aliphatic carbocycles. The minimum atomic E-state index is -3.34. The van der Waals surface area contributed by atoms with Crippen LogP contribution in [0.1, 0.15) is 32.8 Å². The van der Waals surface area contributed by atoms with Crippen LogP contribution in [0.5, 0.6) is 0 Å². The van der Waals surface area contributed by atoms with Gasteiger partial charge in [0.25, 0.3) is 0 Å². The van der Waals surface area contributed by atoms with E-state index in [9.17, 15) is 8.42 Å². The van der Waals surface area contributed by atoms with E-state index < -0.39 is 10.0 Å². The number of hydrogen-bond acceptors (Lipinski definition) is 3. The van der Waals surface area contributed by atoms with Gasteiger partial charge in [0.05, 0.1) is 5.75 Å². The molecule has 0 radical (unpaired) electrons. The predicted octanol–water partition coefficient (Wildman–Crippen LogP) is 2.15. The molecular weight excluding hydrogens is 262 g/mol. The summed E-state index contributed by atoms with van der Waals surface area (Å²) in [5.74, 6) is 0.0486. The summed E-state index contributed by atoms with van der Waals surface area (Å²) < 4.78 is 26.3. The fourth-order valence-corrected chi connectivity index (χ4v) is 2.87. The molecule has 0 saturated carbocycles. The zero-order valence-electron chi connectivity index (χ0n) is 11.5. The van der Waals surface area contributed by atoms with Crippen molar-refractivity contribution in [1.82, 2.24) is 0 Å². The molecular formula is C13H21N3O2S. The zero-order valence-corrected chi connectivity index (χ0v) is 12.3. The van der Waals surface area contributed by atoms with E-state index in [0.29, 0.717) is 17.7 Å². The van der Waals surface area contributed by atoms with Gasteiger partial charge < -0.3 is 5.73 Å². The van der Waals surface area contributed by atoms with Crippen molar-refractivity contribution < 1.29 is 8.42 Å². The Bertz CT molecular complexity index is 542. The van der Waals surface area contributed by atoms with Crippen LogP contribution in [0.2, 0.25) is 0 Å². The molecule has 106 valence electrons. The third-order valence-corrected chi connectivity index (χ3v) is 3.88. The number of hydrogen-bond donors (Lipinski definition) is 3. The highest BCUT2D eigenvalue weighted by atomic mass is 32.2. The van der Waals surface area contributed by atoms with E-state index in [-0.39, 0.29) is 17.0 Å². The van der Waals surface area contributed by atoms with Crippen molar-refractivity contribution in [2.24, 2.45) is 11.1 Å². The normalized spacial score (nSPS) is 12.2. The third kappa shape index (κ3) is 5.74. The van der Waals surface area contributed by atoms with Gasteiger partial charge >= 0.3 is 0 Å². The van der Waals surface area contributed by atoms with Gasteiger partial charge in [0.15, 0.2) is 0 Å². The minimum Gasteiger partial charge on any atom is -0.384 e. The lowest BCUT2D eigenvalue weighted by atomic mass is 9.94. The summed E-state index contributed by atoms with van der Waals surface area (Å²) in [7, 11) is -3.34. The van der Waals surface area contributed by atoms with Gasteiger partial charge in [0.2, 0.25) is 10.0 Å². The maximum atomic E-state index is 11.9. The lowest BCUT2D eigenvalue weighted by Gasteiger charge is -2.18. The molecule has 0 aromatic heterocycles. The molecule has 0 unspecified atom stereocenters. The molecule has 1 aromatic carbocycles. The molecule has 1 rings (SSSR count). The van der Waals surface area contributed by atoms with Gasteiger partial charge in [-0.3, -0.25) is 10.1 Å². The van der Waals surface area contributed by atoms with Crippen LogP contribution in [-0.2, 0) is 10.0 Å². The highest BCUT2D eigenvalue weighted by Gasteiger charge is 2.17. The van der Waals surface area contributed by atoms with Crippen molar-refractivity contribution in [3.63, 3.8) is 0 Å². The van der Waals surface area contributed by atoms with E-state index in [1.807, 2.05) is 20.8 Å². The van der Waals surface area contributed by atoms with Gasteiger partial charge in [0.1, 0.15) is 5.84 Å². The molecule has 19 heavy (non-hydrogen) atoms. The summed E-state index contributed by atoms with van der Waals surface area (Å²) in [6.07, 6.45) is 0.591. The largest absolute Gasteiger partial charge is 0.384 e. The van der Waals surface area contributed by atoms with Crippen molar-refractivity contribution in [2.75, 3.05) is 10.5 Å². The fraction of sp³-hybridized carbons (Fsp3) is 0.462. The number of anilines is 1. The van der Waals surface area contributed by atoms with Crippen LogP contribution >= 0.6 is 0 Å². The van der Waals surface area contributed by atoms with Gasteiger partial charge in [-0.1, -0.05) is 20.8 Å². The van der Waals surface area contributed by atoms with Crippen LogP contribution in [0.15, 0.2) is 24.3 Å². The Morgan fingerprint density at radius 2 is 1.79 bits per heavy atom. The van der Waals surface area contributed by atoms with Crippen LogP contribution in [-0.4, -0.2) is 20.0 Å². The van der Waals surface area contributed by atoms with E-state index in [0.717, 1.165) is 0 Å². The van der Waals surface area contributed by atoms with E-state index in [4.69, 9.17) is 11.1 Å². The molecule has 0 spiro atoms. The summed E-state index contributed by atoms with van der Waals surface area (Å²) in [5.41, 5.74) is 6.36. The Morgan fingerprint density at radius 1 is 1.26 bits per heavy atom. The lowest BCUT2D eigenvalue weighted by molar-refractivity contribution is 0.397. The Labute approximate surface area is 114 Å². The average molecular weight is 283 g/mol. The lowest BCUT2D eigenvalue weighted by Crippen LogP contribution is -2.21. The first-order valence-electron chi connectivity index (χ1n) is 6.04. The highest BCUT2D eigenvalue weighted by molar-refractivity contribution is 7.92. The average Bonchev–Trinajstić information content (AvgIpc) is 2.26. The molecule has 1 aromatic rings. The topological polar surface area (TPSA) is 96.0 Å². The Balaban J connectivity index is 2.70. The second-order valence-corrected chi connectivity index (χ2v) is 7.56. The first kappa shape index (κ1) is 15.5. The monoisotopic (exact) mass is 283 g/mol. The second kappa shape index (κ2) is 5.61. The molecule has 0 bridgehead atoms. The summed E-state index contributed by atoms with van der Waals surface area (Å²) in [6.45, 7) is 6.01. The molecule has 5 nitrogen and oxygen atoms in total. The quantitative estimate of drug-likeness (QED) is 0.570. The number of nitrogens with two attached hydrogens (primary N) is 1. The molecule has 6 heteroatoms. The number of nitrogen functional groups attached to an aromatic ring is 1. The highest BCUT2D eigenvalue weighted by Crippen LogP contribution is 2.20. The van der Waals surface area contributed by atoms with Crippen molar-refractivity contribution in [3.05, 3.63) is 29.8 Å². The first-order valence-corrected chi connectivity index (χ1v) is 7.69. The number of rotatable bonds is 5. The summed E-state index contributed by atoms with van der Waals surface area (Å²) in [6, 6.07) is 6.44. The van der Waals surface area contributed by atoms with E-state index in [1.54, 1.807) is 24.3 Å². The fourth-order valence-electron chi connectivity index (χ4n) is 1.39. The van der Waals surface area contributed by atoms with Crippen molar-refractivity contribution >= 4 is 21.5 Å². The number of sulfonamides is 1. The number of benzene rings is 1. The SMILES string of the molecule is CC(C)(C)CCS(=O)(=O)Nc1ccc(C(=N)N)cc1. The standard InChI is InChI=1S/C13H21N3O2S/c1-13(2,3)8-9-19(17,18)16-11-6-4-10(5-7-11)12(14)15/h4-7,16H,8-9H2,1-3H3,(H3,14,15). The van der Waals surface area contributed by atoms with E-state index in [1.165, 1.54) is 0 Å². The van der Waals surface area contributed by atoms with Crippen LogP contribution in [0, 0.1) is 10.8 Å². The van der Waals surface area contributed by atoms with Crippen molar-refractivity contribution in [3.8, 4) is 0 Å².